The molecule has 1 rings (SSSR count). The van der Waals surface area contributed by atoms with Crippen LogP contribution in [0.5, 0.6) is 0 Å². The summed E-state index contributed by atoms with van der Waals surface area (Å²) in [5.74, 6) is 0.678. The maximum atomic E-state index is 11.7. The number of anilines is 2. The van der Waals surface area contributed by atoms with E-state index in [1.54, 1.807) is 13.2 Å². The van der Waals surface area contributed by atoms with Crippen molar-refractivity contribution in [3.8, 4) is 0 Å². The Hall–Kier alpha value is -1.30. The van der Waals surface area contributed by atoms with Crippen molar-refractivity contribution in [3.05, 3.63) is 16.2 Å². The lowest BCUT2D eigenvalue weighted by atomic mass is 9.92. The Balaban J connectivity index is 2.82. The van der Waals surface area contributed by atoms with Crippen molar-refractivity contribution < 1.29 is 4.79 Å². The molecule has 0 bridgehead atoms. The molecular weight excluding hydrogens is 296 g/mol. The summed E-state index contributed by atoms with van der Waals surface area (Å²) in [5, 5.41) is 5.81. The summed E-state index contributed by atoms with van der Waals surface area (Å²) in [7, 11) is 1.63. The Kier molecular flexibility index (Phi) is 4.56. The number of rotatable bonds is 4. The van der Waals surface area contributed by atoms with Gasteiger partial charge in [-0.2, -0.15) is 0 Å². The lowest BCUT2D eigenvalue weighted by molar-refractivity contribution is -0.128. The minimum absolute atomic E-state index is 0.0155. The van der Waals surface area contributed by atoms with E-state index in [-0.39, 0.29) is 5.91 Å². The van der Waals surface area contributed by atoms with Crippen LogP contribution in [0.2, 0.25) is 0 Å². The van der Waals surface area contributed by atoms with E-state index >= 15 is 0 Å². The van der Waals surface area contributed by atoms with Crippen LogP contribution >= 0.6 is 15.9 Å². The Morgan fingerprint density at radius 1 is 1.56 bits per heavy atom. The molecule has 0 saturated carbocycles. The van der Waals surface area contributed by atoms with E-state index in [0.29, 0.717) is 18.1 Å². The van der Waals surface area contributed by atoms with Crippen molar-refractivity contribution in [2.24, 2.45) is 5.41 Å². The number of pyridine rings is 1. The van der Waals surface area contributed by atoms with E-state index in [4.69, 9.17) is 5.73 Å². The maximum absolute atomic E-state index is 11.7. The highest BCUT2D eigenvalue weighted by molar-refractivity contribution is 9.10. The van der Waals surface area contributed by atoms with Crippen molar-refractivity contribution in [2.45, 2.75) is 20.8 Å². The van der Waals surface area contributed by atoms with E-state index in [2.05, 4.69) is 31.5 Å². The summed E-state index contributed by atoms with van der Waals surface area (Å²) < 4.78 is 0.829. The fraction of sp³-hybridized carbons (Fsp3) is 0.500. The highest BCUT2D eigenvalue weighted by Gasteiger charge is 2.26. The number of carbonyl (C=O) groups is 1. The second-order valence-electron chi connectivity index (χ2n) is 4.82. The van der Waals surface area contributed by atoms with Gasteiger partial charge in [0.1, 0.15) is 5.82 Å². The normalized spacial score (nSPS) is 11.2. The summed E-state index contributed by atoms with van der Waals surface area (Å²) >= 11 is 3.45. The molecule has 0 aromatic carbocycles. The number of carbonyl (C=O) groups excluding carboxylic acids is 1. The number of hydrogen-bond acceptors (Lipinski definition) is 4. The molecule has 0 atom stereocenters. The third-order valence-corrected chi connectivity index (χ3v) is 3.81. The zero-order valence-electron chi connectivity index (χ0n) is 11.1. The molecule has 100 valence electrons. The number of amides is 1. The lowest BCUT2D eigenvalue weighted by Crippen LogP contribution is -2.39. The largest absolute Gasteiger partial charge is 0.397 e. The van der Waals surface area contributed by atoms with E-state index in [1.165, 1.54) is 0 Å². The molecule has 1 aromatic rings. The zero-order chi connectivity index (χ0) is 13.9. The van der Waals surface area contributed by atoms with Gasteiger partial charge in [-0.3, -0.25) is 4.79 Å². The first-order valence-electron chi connectivity index (χ1n) is 5.66. The molecule has 0 aliphatic carbocycles. The summed E-state index contributed by atoms with van der Waals surface area (Å²) in [6.07, 6.45) is 1.61. The Labute approximate surface area is 116 Å². The van der Waals surface area contributed by atoms with Gasteiger partial charge in [0.2, 0.25) is 5.91 Å². The molecule has 1 heterocycles. The van der Waals surface area contributed by atoms with Crippen molar-refractivity contribution in [2.75, 3.05) is 24.6 Å². The van der Waals surface area contributed by atoms with E-state index < -0.39 is 5.41 Å². The van der Waals surface area contributed by atoms with E-state index in [0.717, 1.165) is 10.0 Å². The second kappa shape index (κ2) is 5.56. The average Bonchev–Trinajstić information content (AvgIpc) is 2.34. The van der Waals surface area contributed by atoms with Crippen molar-refractivity contribution >= 4 is 33.3 Å². The van der Waals surface area contributed by atoms with Crippen molar-refractivity contribution in [3.63, 3.8) is 0 Å². The molecule has 0 radical (unpaired) electrons. The monoisotopic (exact) mass is 314 g/mol. The molecule has 6 heteroatoms. The first-order valence-corrected chi connectivity index (χ1v) is 6.45. The van der Waals surface area contributed by atoms with Gasteiger partial charge in [0, 0.05) is 13.6 Å². The molecular formula is C12H19BrN4O. The number of hydrogen-bond donors (Lipinski definition) is 3. The van der Waals surface area contributed by atoms with Gasteiger partial charge in [0.25, 0.3) is 0 Å². The van der Waals surface area contributed by atoms with E-state index in [9.17, 15) is 4.79 Å². The lowest BCUT2D eigenvalue weighted by Gasteiger charge is -2.23. The average molecular weight is 315 g/mol. The molecule has 0 saturated heterocycles. The van der Waals surface area contributed by atoms with Crippen LogP contribution in [0.3, 0.4) is 0 Å². The van der Waals surface area contributed by atoms with Gasteiger partial charge in [-0.05, 0) is 42.3 Å². The van der Waals surface area contributed by atoms with Crippen LogP contribution in [0.4, 0.5) is 11.5 Å². The van der Waals surface area contributed by atoms with Crippen molar-refractivity contribution in [1.82, 2.24) is 10.3 Å². The molecule has 0 unspecified atom stereocenters. The van der Waals surface area contributed by atoms with Gasteiger partial charge >= 0.3 is 0 Å². The minimum Gasteiger partial charge on any atom is -0.397 e. The number of nitrogen functional groups attached to an aromatic ring is 1. The highest BCUT2D eigenvalue weighted by atomic mass is 79.9. The molecule has 4 N–H and O–H groups in total. The SMILES string of the molecule is CNC(=O)C(C)(C)CNc1ncc(N)c(C)c1Br. The minimum atomic E-state index is -0.509. The number of nitrogens with one attached hydrogen (secondary N) is 2. The maximum Gasteiger partial charge on any atom is 0.227 e. The third-order valence-electron chi connectivity index (χ3n) is 2.84. The van der Waals surface area contributed by atoms with Gasteiger partial charge < -0.3 is 16.4 Å². The smallest absolute Gasteiger partial charge is 0.227 e. The summed E-state index contributed by atoms with van der Waals surface area (Å²) in [5.41, 5.74) is 6.82. The molecule has 0 spiro atoms. The van der Waals surface area contributed by atoms with E-state index in [1.807, 2.05) is 20.8 Å². The summed E-state index contributed by atoms with van der Waals surface area (Å²) in [4.78, 5) is 15.9. The van der Waals surface area contributed by atoms with Crippen LogP contribution in [-0.2, 0) is 4.79 Å². The van der Waals surface area contributed by atoms with Crippen LogP contribution in [0.1, 0.15) is 19.4 Å². The first kappa shape index (κ1) is 14.8. The highest BCUT2D eigenvalue weighted by Crippen LogP contribution is 2.28. The number of aromatic nitrogens is 1. The standard InChI is InChI=1S/C12H19BrN4O/c1-7-8(14)5-16-10(9(7)13)17-6-12(2,3)11(18)15-4/h5H,6,14H2,1-4H3,(H,15,18)(H,16,17). The van der Waals surface area contributed by atoms with Crippen LogP contribution in [0.15, 0.2) is 10.7 Å². The number of nitrogens with zero attached hydrogens (tertiary/aromatic N) is 1. The van der Waals surface area contributed by atoms with Gasteiger partial charge in [0.15, 0.2) is 0 Å². The quantitative estimate of drug-likeness (QED) is 0.793. The third kappa shape index (κ3) is 3.13. The fourth-order valence-corrected chi connectivity index (χ4v) is 1.91. The summed E-state index contributed by atoms with van der Waals surface area (Å²) in [6.45, 7) is 6.14. The fourth-order valence-electron chi connectivity index (χ4n) is 1.44. The van der Waals surface area contributed by atoms with Crippen LogP contribution in [0.25, 0.3) is 0 Å². The topological polar surface area (TPSA) is 80.0 Å². The van der Waals surface area contributed by atoms with Gasteiger partial charge in [0.05, 0.1) is 21.8 Å². The van der Waals surface area contributed by atoms with Crippen LogP contribution < -0.4 is 16.4 Å². The molecule has 0 fully saturated rings. The predicted octanol–water partition coefficient (Wildman–Crippen LogP) is 1.92. The number of halogens is 1. The van der Waals surface area contributed by atoms with Gasteiger partial charge in [-0.1, -0.05) is 0 Å². The van der Waals surface area contributed by atoms with Gasteiger partial charge in [-0.15, -0.1) is 0 Å². The zero-order valence-corrected chi connectivity index (χ0v) is 12.7. The summed E-state index contributed by atoms with van der Waals surface area (Å²) in [6, 6.07) is 0. The molecule has 1 aromatic heterocycles. The molecule has 5 nitrogen and oxygen atoms in total. The van der Waals surface area contributed by atoms with Gasteiger partial charge in [-0.25, -0.2) is 4.98 Å². The molecule has 18 heavy (non-hydrogen) atoms. The predicted molar refractivity (Wildman–Crippen MR) is 77.4 cm³/mol. The molecule has 0 aliphatic heterocycles. The molecule has 1 amide bonds. The molecule has 0 aliphatic rings. The van der Waals surface area contributed by atoms with Crippen LogP contribution in [0, 0.1) is 12.3 Å². The van der Waals surface area contributed by atoms with Crippen LogP contribution in [-0.4, -0.2) is 24.5 Å². The second-order valence-corrected chi connectivity index (χ2v) is 5.61. The Morgan fingerprint density at radius 3 is 2.72 bits per heavy atom. The Bertz CT molecular complexity index is 460. The first-order chi connectivity index (χ1) is 8.29. The number of nitrogens with two attached hydrogens (primary N) is 1. The Morgan fingerprint density at radius 2 is 2.17 bits per heavy atom. The van der Waals surface area contributed by atoms with Crippen molar-refractivity contribution in [1.29, 1.82) is 0 Å².